The number of alkyl halides is 5. The Morgan fingerprint density at radius 1 is 1.03 bits per heavy atom. The number of likely N-dealkylation sites (tertiary alicyclic amines) is 1. The first-order valence-corrected chi connectivity index (χ1v) is 14.4. The molecule has 0 radical (unpaired) electrons. The fraction of sp³-hybridized carbons (Fsp3) is 0.435. The maximum absolute atomic E-state index is 13.1. The first-order chi connectivity index (χ1) is 17.0. The monoisotopic (exact) mass is 569 g/mol. The summed E-state index contributed by atoms with van der Waals surface area (Å²) in [5, 5.41) is -1.04. The molecule has 14 heteroatoms. The molecule has 0 aliphatic carbocycles. The molecule has 3 rings (SSSR count). The van der Waals surface area contributed by atoms with Crippen molar-refractivity contribution in [3.05, 3.63) is 53.6 Å². The fourth-order valence-electron chi connectivity index (χ4n) is 4.22. The van der Waals surface area contributed by atoms with E-state index < -0.39 is 70.6 Å². The van der Waals surface area contributed by atoms with Gasteiger partial charge in [0.15, 0.2) is 19.7 Å². The molecule has 7 nitrogen and oxygen atoms in total. The van der Waals surface area contributed by atoms with Gasteiger partial charge in [-0.1, -0.05) is 6.07 Å². The third-order valence-electron chi connectivity index (χ3n) is 6.28. The number of benzene rings is 2. The third kappa shape index (κ3) is 6.58. The van der Waals surface area contributed by atoms with Crippen LogP contribution >= 0.6 is 0 Å². The molecular formula is C23H24F5NO6S2. The summed E-state index contributed by atoms with van der Waals surface area (Å²) in [6.07, 6.45) is -3.48. The molecule has 37 heavy (non-hydrogen) atoms. The number of hydrogen-bond donors (Lipinski definition) is 0. The molecule has 0 bridgehead atoms. The Morgan fingerprint density at radius 3 is 2.19 bits per heavy atom. The molecule has 2 aromatic carbocycles. The van der Waals surface area contributed by atoms with Crippen LogP contribution in [0.5, 0.6) is 5.75 Å². The number of piperidine rings is 1. The van der Waals surface area contributed by atoms with Crippen molar-refractivity contribution in [2.24, 2.45) is 5.92 Å². The number of amides is 1. The summed E-state index contributed by atoms with van der Waals surface area (Å²) in [5.74, 6) is -1.59. The second-order valence-electron chi connectivity index (χ2n) is 8.71. The SMILES string of the molecule is C[C@@H](C1CCN(C(=O)c2ccc(OC(F)F)cc2S(C)(=O)=O)CC1)S(=O)(=O)c1cccc(C(F)(F)F)c1. The van der Waals surface area contributed by atoms with Crippen molar-refractivity contribution in [2.45, 2.75) is 47.6 Å². The number of halogens is 5. The Morgan fingerprint density at radius 2 is 1.65 bits per heavy atom. The van der Waals surface area contributed by atoms with E-state index >= 15 is 0 Å². The topological polar surface area (TPSA) is 97.8 Å². The second-order valence-corrected chi connectivity index (χ2v) is 13.0. The molecule has 0 aromatic heterocycles. The Kier molecular flexibility index (Phi) is 8.22. The number of rotatable bonds is 7. The molecule has 1 amide bonds. The van der Waals surface area contributed by atoms with E-state index in [-0.39, 0.29) is 31.5 Å². The average molecular weight is 570 g/mol. The lowest BCUT2D eigenvalue weighted by Crippen LogP contribution is -2.42. The first kappa shape index (κ1) is 28.8. The number of nitrogens with zero attached hydrogens (tertiary/aromatic N) is 1. The van der Waals surface area contributed by atoms with E-state index in [1.807, 2.05) is 0 Å². The second kappa shape index (κ2) is 10.6. The summed E-state index contributed by atoms with van der Waals surface area (Å²) in [6.45, 7) is -1.67. The summed E-state index contributed by atoms with van der Waals surface area (Å²) in [6, 6.07) is 6.47. The first-order valence-electron chi connectivity index (χ1n) is 11.0. The number of carbonyl (C=O) groups is 1. The highest BCUT2D eigenvalue weighted by Crippen LogP contribution is 2.34. The molecule has 0 N–H and O–H groups in total. The van der Waals surface area contributed by atoms with Gasteiger partial charge in [-0.2, -0.15) is 22.0 Å². The van der Waals surface area contributed by atoms with E-state index in [0.717, 1.165) is 42.7 Å². The van der Waals surface area contributed by atoms with Gasteiger partial charge in [-0.3, -0.25) is 4.79 Å². The van der Waals surface area contributed by atoms with Gasteiger partial charge in [0.1, 0.15) is 5.75 Å². The predicted molar refractivity (Wildman–Crippen MR) is 123 cm³/mol. The summed E-state index contributed by atoms with van der Waals surface area (Å²) < 4.78 is 119. The van der Waals surface area contributed by atoms with Crippen molar-refractivity contribution < 1.29 is 48.3 Å². The number of ether oxygens (including phenoxy) is 1. The summed E-state index contributed by atoms with van der Waals surface area (Å²) in [4.78, 5) is 13.5. The van der Waals surface area contributed by atoms with Gasteiger partial charge < -0.3 is 9.64 Å². The van der Waals surface area contributed by atoms with Crippen LogP contribution in [0.25, 0.3) is 0 Å². The summed E-state index contributed by atoms with van der Waals surface area (Å²) in [7, 11) is -8.11. The van der Waals surface area contributed by atoms with Crippen molar-refractivity contribution >= 4 is 25.6 Å². The van der Waals surface area contributed by atoms with Gasteiger partial charge in [-0.25, -0.2) is 16.8 Å². The molecule has 1 heterocycles. The Labute approximate surface area is 211 Å². The third-order valence-corrected chi connectivity index (χ3v) is 9.69. The smallest absolute Gasteiger partial charge is 0.416 e. The van der Waals surface area contributed by atoms with Gasteiger partial charge in [0, 0.05) is 19.3 Å². The van der Waals surface area contributed by atoms with E-state index in [0.29, 0.717) is 6.07 Å². The maximum Gasteiger partial charge on any atom is 0.416 e. The lowest BCUT2D eigenvalue weighted by atomic mass is 9.93. The Bertz CT molecular complexity index is 1370. The molecule has 204 valence electrons. The minimum Gasteiger partial charge on any atom is -0.435 e. The molecule has 1 aliphatic rings. The highest BCUT2D eigenvalue weighted by atomic mass is 32.2. The standard InChI is InChI=1S/C23H24F5NO6S2/c1-14(37(33,34)18-5-3-4-16(12-18)23(26,27)28)15-8-10-29(11-9-15)21(30)19-7-6-17(35-22(24)25)13-20(19)36(2,31)32/h3-7,12-15,22H,8-11H2,1-2H3/t14-/m0/s1. The van der Waals surface area contributed by atoms with E-state index in [1.165, 1.54) is 11.8 Å². The van der Waals surface area contributed by atoms with Crippen molar-refractivity contribution in [3.8, 4) is 5.75 Å². The normalized spacial score (nSPS) is 16.6. The largest absolute Gasteiger partial charge is 0.435 e. The Hall–Kier alpha value is -2.74. The molecule has 1 saturated heterocycles. The lowest BCUT2D eigenvalue weighted by molar-refractivity contribution is -0.137. The molecule has 0 saturated carbocycles. The van der Waals surface area contributed by atoms with Crippen molar-refractivity contribution in [3.63, 3.8) is 0 Å². The summed E-state index contributed by atoms with van der Waals surface area (Å²) in [5.41, 5.74) is -1.32. The lowest BCUT2D eigenvalue weighted by Gasteiger charge is -2.35. The maximum atomic E-state index is 13.1. The molecule has 0 spiro atoms. The number of sulfone groups is 2. The van der Waals surface area contributed by atoms with Crippen LogP contribution in [0.1, 0.15) is 35.7 Å². The van der Waals surface area contributed by atoms with Gasteiger partial charge in [0.05, 0.1) is 26.2 Å². The van der Waals surface area contributed by atoms with Crippen LogP contribution in [0.2, 0.25) is 0 Å². The van der Waals surface area contributed by atoms with Crippen LogP contribution in [0, 0.1) is 5.92 Å². The summed E-state index contributed by atoms with van der Waals surface area (Å²) >= 11 is 0. The van der Waals surface area contributed by atoms with Crippen molar-refractivity contribution in [1.82, 2.24) is 4.90 Å². The molecular weight excluding hydrogens is 545 g/mol. The van der Waals surface area contributed by atoms with Crippen LogP contribution in [-0.4, -0.2) is 58.8 Å². The minimum absolute atomic E-state index is 0.0600. The van der Waals surface area contributed by atoms with E-state index in [2.05, 4.69) is 4.74 Å². The van der Waals surface area contributed by atoms with E-state index in [9.17, 15) is 43.6 Å². The Balaban J connectivity index is 1.76. The average Bonchev–Trinajstić information content (AvgIpc) is 2.82. The highest BCUT2D eigenvalue weighted by molar-refractivity contribution is 7.92. The van der Waals surface area contributed by atoms with Gasteiger partial charge in [-0.15, -0.1) is 0 Å². The van der Waals surface area contributed by atoms with Crippen molar-refractivity contribution in [2.75, 3.05) is 19.3 Å². The zero-order chi connectivity index (χ0) is 27.8. The van der Waals surface area contributed by atoms with Crippen LogP contribution in [-0.2, 0) is 25.9 Å². The van der Waals surface area contributed by atoms with E-state index in [4.69, 9.17) is 0 Å². The fourth-order valence-corrected chi connectivity index (χ4v) is 6.87. The molecule has 2 aromatic rings. The quantitative estimate of drug-likeness (QED) is 0.458. The van der Waals surface area contributed by atoms with Crippen LogP contribution in [0.4, 0.5) is 22.0 Å². The zero-order valence-corrected chi connectivity index (χ0v) is 21.3. The number of hydrogen-bond acceptors (Lipinski definition) is 6. The van der Waals surface area contributed by atoms with Crippen LogP contribution in [0.15, 0.2) is 52.3 Å². The van der Waals surface area contributed by atoms with Gasteiger partial charge in [0.2, 0.25) is 0 Å². The van der Waals surface area contributed by atoms with Gasteiger partial charge in [0.25, 0.3) is 5.91 Å². The minimum atomic E-state index is -4.70. The highest BCUT2D eigenvalue weighted by Gasteiger charge is 2.37. The predicted octanol–water partition coefficient (Wildman–Crippen LogP) is 4.42. The molecule has 1 fully saturated rings. The van der Waals surface area contributed by atoms with Crippen LogP contribution in [0.3, 0.4) is 0 Å². The van der Waals surface area contributed by atoms with Crippen LogP contribution < -0.4 is 4.74 Å². The molecule has 0 unspecified atom stereocenters. The number of carbonyl (C=O) groups excluding carboxylic acids is 1. The van der Waals surface area contributed by atoms with Gasteiger partial charge >= 0.3 is 12.8 Å². The molecule has 1 aliphatic heterocycles. The molecule has 1 atom stereocenters. The van der Waals surface area contributed by atoms with Crippen molar-refractivity contribution in [1.29, 1.82) is 0 Å². The van der Waals surface area contributed by atoms with E-state index in [1.54, 1.807) is 0 Å². The van der Waals surface area contributed by atoms with Gasteiger partial charge in [-0.05, 0) is 62.1 Å². The zero-order valence-electron chi connectivity index (χ0n) is 19.7.